The monoisotopic (exact) mass is 498 g/mol. The zero-order chi connectivity index (χ0) is 25.0. The maximum Gasteiger partial charge on any atom is 0.181 e. The van der Waals surface area contributed by atoms with Gasteiger partial charge < -0.3 is 19.8 Å². The lowest BCUT2D eigenvalue weighted by atomic mass is 10.1. The standard InChI is InChI=1S/C27H30N8O2/c1-36-17-19-3-2-4-23-24(19)32-27(31-23)25-22-12-21(16-30-26(22)34-33-25)20-11-18(14-29-15-20)13-28-5-6-35-7-9-37-10-8-35/h2-4,11-12,14-16,28H,5-10,13,17H2,1H3,(H,31,32)(H,30,33,34). The Morgan fingerprint density at radius 2 is 2.00 bits per heavy atom. The van der Waals surface area contributed by atoms with Crippen molar-refractivity contribution >= 4 is 22.1 Å². The molecule has 0 unspecified atom stereocenters. The van der Waals surface area contributed by atoms with E-state index >= 15 is 0 Å². The topological polar surface area (TPSA) is 117 Å². The summed E-state index contributed by atoms with van der Waals surface area (Å²) in [5.74, 6) is 0.719. The number of H-pyrrole nitrogens is 2. The number of nitrogens with one attached hydrogen (secondary N) is 3. The molecule has 0 aliphatic carbocycles. The highest BCUT2D eigenvalue weighted by molar-refractivity contribution is 5.93. The SMILES string of the molecule is COCc1cccc2[nH]c(-c3[nH]nc4ncc(-c5cncc(CNCCN6CCOCC6)c5)cc34)nc12. The first-order valence-electron chi connectivity index (χ1n) is 12.5. The van der Waals surface area contributed by atoms with Crippen molar-refractivity contribution in [3.8, 4) is 22.6 Å². The Kier molecular flexibility index (Phi) is 6.87. The van der Waals surface area contributed by atoms with Gasteiger partial charge >= 0.3 is 0 Å². The highest BCUT2D eigenvalue weighted by atomic mass is 16.5. The first-order valence-corrected chi connectivity index (χ1v) is 12.5. The van der Waals surface area contributed by atoms with E-state index < -0.39 is 0 Å². The first kappa shape index (κ1) is 23.7. The third-order valence-electron chi connectivity index (χ3n) is 6.71. The molecule has 1 aliphatic rings. The number of fused-ring (bicyclic) bond motifs is 2. The Morgan fingerprint density at radius 3 is 2.89 bits per heavy atom. The molecule has 37 heavy (non-hydrogen) atoms. The van der Waals surface area contributed by atoms with Crippen LogP contribution in [0, 0.1) is 0 Å². The van der Waals surface area contributed by atoms with Crippen molar-refractivity contribution in [1.82, 2.24) is 40.3 Å². The Balaban J connectivity index is 1.22. The molecular formula is C27H30N8O2. The minimum Gasteiger partial charge on any atom is -0.380 e. The molecule has 190 valence electrons. The normalized spacial score (nSPS) is 14.6. The lowest BCUT2D eigenvalue weighted by Crippen LogP contribution is -2.40. The molecule has 3 N–H and O–H groups in total. The van der Waals surface area contributed by atoms with Crippen molar-refractivity contribution in [2.75, 3.05) is 46.5 Å². The summed E-state index contributed by atoms with van der Waals surface area (Å²) < 4.78 is 10.8. The number of aromatic nitrogens is 6. The fourth-order valence-corrected chi connectivity index (χ4v) is 4.76. The number of nitrogens with zero attached hydrogens (tertiary/aromatic N) is 5. The summed E-state index contributed by atoms with van der Waals surface area (Å²) in [6, 6.07) is 10.3. The van der Waals surface area contributed by atoms with Crippen LogP contribution in [0.3, 0.4) is 0 Å². The zero-order valence-electron chi connectivity index (χ0n) is 20.8. The number of benzene rings is 1. The quantitative estimate of drug-likeness (QED) is 0.266. The highest BCUT2D eigenvalue weighted by Gasteiger charge is 2.16. The second kappa shape index (κ2) is 10.7. The van der Waals surface area contributed by atoms with E-state index in [1.807, 2.05) is 36.8 Å². The molecule has 1 aromatic carbocycles. The molecular weight excluding hydrogens is 468 g/mol. The summed E-state index contributed by atoms with van der Waals surface area (Å²) in [5.41, 5.74) is 7.46. The number of methoxy groups -OCH3 is 1. The van der Waals surface area contributed by atoms with Crippen molar-refractivity contribution in [3.63, 3.8) is 0 Å². The maximum atomic E-state index is 5.42. The molecule has 10 nitrogen and oxygen atoms in total. The van der Waals surface area contributed by atoms with E-state index in [0.717, 1.165) is 96.1 Å². The summed E-state index contributed by atoms with van der Waals surface area (Å²) in [7, 11) is 1.69. The molecule has 0 radical (unpaired) electrons. The van der Waals surface area contributed by atoms with Crippen LogP contribution in [0.1, 0.15) is 11.1 Å². The van der Waals surface area contributed by atoms with Crippen LogP contribution in [0.4, 0.5) is 0 Å². The smallest absolute Gasteiger partial charge is 0.181 e. The fourth-order valence-electron chi connectivity index (χ4n) is 4.76. The summed E-state index contributed by atoms with van der Waals surface area (Å²) in [6.45, 7) is 6.89. The summed E-state index contributed by atoms with van der Waals surface area (Å²) in [6.07, 6.45) is 5.62. The molecule has 1 saturated heterocycles. The van der Waals surface area contributed by atoms with Gasteiger partial charge in [0, 0.05) is 75.1 Å². The molecule has 1 aliphatic heterocycles. The summed E-state index contributed by atoms with van der Waals surface area (Å²) in [5, 5.41) is 12.0. The largest absolute Gasteiger partial charge is 0.380 e. The van der Waals surface area contributed by atoms with E-state index in [1.54, 1.807) is 7.11 Å². The van der Waals surface area contributed by atoms with Gasteiger partial charge in [0.2, 0.25) is 0 Å². The van der Waals surface area contributed by atoms with Crippen LogP contribution in [0.25, 0.3) is 44.7 Å². The number of morpholine rings is 1. The number of ether oxygens (including phenoxy) is 2. The molecule has 0 saturated carbocycles. The van der Waals surface area contributed by atoms with Crippen LogP contribution in [-0.2, 0) is 22.6 Å². The van der Waals surface area contributed by atoms with Crippen molar-refractivity contribution in [1.29, 1.82) is 0 Å². The Bertz CT molecular complexity index is 1510. The van der Waals surface area contributed by atoms with E-state index in [9.17, 15) is 0 Å². The molecule has 10 heteroatoms. The van der Waals surface area contributed by atoms with Crippen molar-refractivity contribution in [2.45, 2.75) is 13.2 Å². The number of hydrogen-bond donors (Lipinski definition) is 3. The number of hydrogen-bond acceptors (Lipinski definition) is 8. The van der Waals surface area contributed by atoms with E-state index in [-0.39, 0.29) is 0 Å². The number of imidazole rings is 1. The van der Waals surface area contributed by atoms with Gasteiger partial charge in [0.25, 0.3) is 0 Å². The number of rotatable bonds is 9. The average Bonchev–Trinajstić information content (AvgIpc) is 3.56. The Hall–Kier alpha value is -3.70. The summed E-state index contributed by atoms with van der Waals surface area (Å²) in [4.78, 5) is 19.8. The molecule has 0 amide bonds. The second-order valence-corrected chi connectivity index (χ2v) is 9.24. The zero-order valence-corrected chi connectivity index (χ0v) is 20.8. The van der Waals surface area contributed by atoms with Gasteiger partial charge in [0.15, 0.2) is 11.5 Å². The van der Waals surface area contributed by atoms with Crippen molar-refractivity contribution in [3.05, 3.63) is 60.0 Å². The van der Waals surface area contributed by atoms with E-state index in [2.05, 4.69) is 47.5 Å². The van der Waals surface area contributed by atoms with Crippen LogP contribution in [-0.4, -0.2) is 81.5 Å². The number of aromatic amines is 2. The van der Waals surface area contributed by atoms with Crippen LogP contribution < -0.4 is 5.32 Å². The third-order valence-corrected chi connectivity index (χ3v) is 6.71. The van der Waals surface area contributed by atoms with E-state index in [4.69, 9.17) is 14.5 Å². The minimum absolute atomic E-state index is 0.502. The molecule has 5 heterocycles. The van der Waals surface area contributed by atoms with Crippen LogP contribution in [0.15, 0.2) is 48.9 Å². The van der Waals surface area contributed by atoms with E-state index in [1.165, 1.54) is 0 Å². The molecule has 0 spiro atoms. The Labute approximate surface area is 214 Å². The molecule has 0 atom stereocenters. The van der Waals surface area contributed by atoms with Gasteiger partial charge in [0.1, 0.15) is 5.69 Å². The molecule has 6 rings (SSSR count). The van der Waals surface area contributed by atoms with Crippen molar-refractivity contribution in [2.24, 2.45) is 0 Å². The minimum atomic E-state index is 0.502. The Morgan fingerprint density at radius 1 is 1.11 bits per heavy atom. The van der Waals surface area contributed by atoms with Crippen LogP contribution in [0.2, 0.25) is 0 Å². The van der Waals surface area contributed by atoms with Gasteiger partial charge in [-0.2, -0.15) is 5.10 Å². The lowest BCUT2D eigenvalue weighted by Gasteiger charge is -2.26. The van der Waals surface area contributed by atoms with E-state index in [0.29, 0.717) is 12.3 Å². The van der Waals surface area contributed by atoms with Gasteiger partial charge in [-0.1, -0.05) is 12.1 Å². The highest BCUT2D eigenvalue weighted by Crippen LogP contribution is 2.30. The van der Waals surface area contributed by atoms with Gasteiger partial charge in [-0.25, -0.2) is 9.97 Å². The predicted octanol–water partition coefficient (Wildman–Crippen LogP) is 3.13. The molecule has 1 fully saturated rings. The summed E-state index contributed by atoms with van der Waals surface area (Å²) >= 11 is 0. The third kappa shape index (κ3) is 5.09. The maximum absolute atomic E-state index is 5.42. The predicted molar refractivity (Wildman–Crippen MR) is 142 cm³/mol. The molecule has 4 aromatic heterocycles. The molecule has 0 bridgehead atoms. The van der Waals surface area contributed by atoms with Gasteiger partial charge in [-0.15, -0.1) is 0 Å². The number of pyridine rings is 2. The van der Waals surface area contributed by atoms with Gasteiger partial charge in [0.05, 0.1) is 36.2 Å². The number of para-hydroxylation sites is 1. The van der Waals surface area contributed by atoms with Crippen LogP contribution in [0.5, 0.6) is 0 Å². The first-order chi connectivity index (χ1) is 18.3. The fraction of sp³-hybridized carbons (Fsp3) is 0.333. The van der Waals surface area contributed by atoms with Crippen molar-refractivity contribution < 1.29 is 9.47 Å². The molecule has 5 aromatic rings. The second-order valence-electron chi connectivity index (χ2n) is 9.24. The average molecular weight is 499 g/mol. The van der Waals surface area contributed by atoms with Gasteiger partial charge in [-0.3, -0.25) is 15.0 Å². The van der Waals surface area contributed by atoms with Crippen LogP contribution >= 0.6 is 0 Å². The lowest BCUT2D eigenvalue weighted by molar-refractivity contribution is 0.0384. The van der Waals surface area contributed by atoms with Gasteiger partial charge in [-0.05, 0) is 23.8 Å².